The summed E-state index contributed by atoms with van der Waals surface area (Å²) < 4.78 is 36.8. The van der Waals surface area contributed by atoms with E-state index in [1.807, 2.05) is 6.92 Å². The van der Waals surface area contributed by atoms with Crippen LogP contribution in [0, 0.1) is 0 Å². The molecule has 0 aliphatic heterocycles. The first-order valence-electron chi connectivity index (χ1n) is 7.97. The Balaban J connectivity index is 2.93. The molecule has 1 aromatic carbocycles. The number of halogens is 1. The summed E-state index contributed by atoms with van der Waals surface area (Å²) in [4.78, 5) is 12.1. The number of nitrogens with one attached hydrogen (secondary N) is 1. The number of carbonyl (C=O) groups is 1. The maximum absolute atomic E-state index is 12.8. The van der Waals surface area contributed by atoms with E-state index in [0.717, 1.165) is 4.31 Å². The summed E-state index contributed by atoms with van der Waals surface area (Å²) in [6.07, 6.45) is 0. The molecule has 9 heteroatoms. The number of amides is 1. The molecule has 1 rings (SSSR count). The Hall–Kier alpha value is -1.35. The summed E-state index contributed by atoms with van der Waals surface area (Å²) in [5.41, 5.74) is 0. The lowest BCUT2D eigenvalue weighted by molar-refractivity contribution is -0.122. The van der Waals surface area contributed by atoms with Gasteiger partial charge in [-0.3, -0.25) is 4.79 Å². The minimum absolute atomic E-state index is 0.0144. The first-order valence-corrected chi connectivity index (χ1v) is 9.78. The second kappa shape index (κ2) is 9.96. The third-order valence-electron chi connectivity index (χ3n) is 3.34. The van der Waals surface area contributed by atoms with E-state index >= 15 is 0 Å². The lowest BCUT2D eigenvalue weighted by Crippen LogP contribution is -2.44. The Morgan fingerprint density at radius 1 is 1.36 bits per heavy atom. The van der Waals surface area contributed by atoms with Crippen LogP contribution in [-0.4, -0.2) is 58.1 Å². The van der Waals surface area contributed by atoms with Gasteiger partial charge >= 0.3 is 0 Å². The molecule has 0 radical (unpaired) electrons. The van der Waals surface area contributed by atoms with Crippen LogP contribution >= 0.6 is 11.6 Å². The van der Waals surface area contributed by atoms with Crippen LogP contribution in [-0.2, 0) is 19.6 Å². The molecule has 0 bridgehead atoms. The fourth-order valence-electron chi connectivity index (χ4n) is 2.20. The number of benzene rings is 1. The summed E-state index contributed by atoms with van der Waals surface area (Å²) >= 11 is 6.07. The number of rotatable bonds is 10. The number of ether oxygens (including phenoxy) is 2. The van der Waals surface area contributed by atoms with Crippen LogP contribution < -0.4 is 10.1 Å². The van der Waals surface area contributed by atoms with Crippen LogP contribution in [0.2, 0.25) is 5.02 Å². The van der Waals surface area contributed by atoms with Crippen molar-refractivity contribution in [3.8, 4) is 5.75 Å². The van der Waals surface area contributed by atoms with E-state index in [0.29, 0.717) is 19.0 Å². The summed E-state index contributed by atoms with van der Waals surface area (Å²) in [5, 5.41) is 2.90. The van der Waals surface area contributed by atoms with E-state index in [9.17, 15) is 13.2 Å². The SMILES string of the molecule is CCOc1ccc(S(=O)(=O)N(CC)CC(=O)N[C@@H](C)COC)cc1Cl. The molecule has 0 saturated heterocycles. The fraction of sp³-hybridized carbons (Fsp3) is 0.562. The van der Waals surface area contributed by atoms with Gasteiger partial charge < -0.3 is 14.8 Å². The normalized spacial score (nSPS) is 12.9. The molecule has 0 fully saturated rings. The molecule has 0 aliphatic rings. The zero-order valence-electron chi connectivity index (χ0n) is 14.9. The highest BCUT2D eigenvalue weighted by molar-refractivity contribution is 7.89. The molecule has 0 heterocycles. The maximum Gasteiger partial charge on any atom is 0.243 e. The molecule has 0 aliphatic carbocycles. The lowest BCUT2D eigenvalue weighted by atomic mass is 10.3. The van der Waals surface area contributed by atoms with Gasteiger partial charge in [-0.2, -0.15) is 4.31 Å². The largest absolute Gasteiger partial charge is 0.492 e. The van der Waals surface area contributed by atoms with Crippen LogP contribution in [0.1, 0.15) is 20.8 Å². The molecule has 1 amide bonds. The van der Waals surface area contributed by atoms with Crippen molar-refractivity contribution in [1.82, 2.24) is 9.62 Å². The number of hydrogen-bond acceptors (Lipinski definition) is 5. The van der Waals surface area contributed by atoms with Crippen molar-refractivity contribution < 1.29 is 22.7 Å². The molecule has 0 saturated carbocycles. The predicted molar refractivity (Wildman–Crippen MR) is 96.5 cm³/mol. The van der Waals surface area contributed by atoms with Crippen LogP contribution in [0.15, 0.2) is 23.1 Å². The van der Waals surface area contributed by atoms with Crippen molar-refractivity contribution in [3.05, 3.63) is 23.2 Å². The van der Waals surface area contributed by atoms with Gasteiger partial charge in [0.1, 0.15) is 5.75 Å². The first kappa shape index (κ1) is 21.7. The van der Waals surface area contributed by atoms with Gasteiger partial charge in [0.15, 0.2) is 0 Å². The van der Waals surface area contributed by atoms with Gasteiger partial charge in [0.05, 0.1) is 29.7 Å². The van der Waals surface area contributed by atoms with Crippen molar-refractivity contribution >= 4 is 27.5 Å². The standard InChI is InChI=1S/C16H25ClN2O5S/c1-5-19(10-16(20)18-12(3)11-23-4)25(21,22)13-7-8-15(24-6-2)14(17)9-13/h7-9,12H,5-6,10-11H2,1-4H3,(H,18,20)/t12-/m0/s1. The van der Waals surface area contributed by atoms with Gasteiger partial charge in [0, 0.05) is 19.7 Å². The third-order valence-corrected chi connectivity index (χ3v) is 5.55. The molecule has 0 unspecified atom stereocenters. The maximum atomic E-state index is 12.8. The Kier molecular flexibility index (Phi) is 8.64. The average molecular weight is 393 g/mol. The summed E-state index contributed by atoms with van der Waals surface area (Å²) in [6.45, 7) is 5.89. The number of methoxy groups -OCH3 is 1. The lowest BCUT2D eigenvalue weighted by Gasteiger charge is -2.21. The van der Waals surface area contributed by atoms with E-state index in [2.05, 4.69) is 5.32 Å². The quantitative estimate of drug-likeness (QED) is 0.657. The van der Waals surface area contributed by atoms with Gasteiger partial charge in [-0.05, 0) is 32.0 Å². The van der Waals surface area contributed by atoms with Gasteiger partial charge in [-0.15, -0.1) is 0 Å². The highest BCUT2D eigenvalue weighted by atomic mass is 35.5. The van der Waals surface area contributed by atoms with E-state index in [1.54, 1.807) is 13.8 Å². The number of hydrogen-bond donors (Lipinski definition) is 1. The van der Waals surface area contributed by atoms with Crippen molar-refractivity contribution in [2.75, 3.05) is 33.4 Å². The van der Waals surface area contributed by atoms with Gasteiger partial charge in [0.2, 0.25) is 15.9 Å². The van der Waals surface area contributed by atoms with Crippen molar-refractivity contribution in [2.24, 2.45) is 0 Å². The van der Waals surface area contributed by atoms with E-state index < -0.39 is 15.9 Å². The Morgan fingerprint density at radius 2 is 2.04 bits per heavy atom. The second-order valence-corrected chi connectivity index (χ2v) is 7.73. The minimum atomic E-state index is -3.85. The summed E-state index contributed by atoms with van der Waals surface area (Å²) in [7, 11) is -2.32. The Labute approximate surface area is 154 Å². The first-order chi connectivity index (χ1) is 11.8. The highest BCUT2D eigenvalue weighted by Gasteiger charge is 2.26. The van der Waals surface area contributed by atoms with E-state index in [-0.39, 0.29) is 29.0 Å². The molecule has 25 heavy (non-hydrogen) atoms. The minimum Gasteiger partial charge on any atom is -0.492 e. The van der Waals surface area contributed by atoms with Crippen molar-refractivity contribution in [1.29, 1.82) is 0 Å². The smallest absolute Gasteiger partial charge is 0.243 e. The van der Waals surface area contributed by atoms with Gasteiger partial charge in [-0.25, -0.2) is 8.42 Å². The molecular weight excluding hydrogens is 368 g/mol. The average Bonchev–Trinajstić information content (AvgIpc) is 2.54. The number of likely N-dealkylation sites (N-methyl/N-ethyl adjacent to an activating group) is 1. The molecule has 1 atom stereocenters. The molecule has 0 spiro atoms. The molecular formula is C16H25ClN2O5S. The van der Waals surface area contributed by atoms with E-state index in [4.69, 9.17) is 21.1 Å². The molecule has 7 nitrogen and oxygen atoms in total. The summed E-state index contributed by atoms with van der Waals surface area (Å²) in [6, 6.07) is 4.04. The fourth-order valence-corrected chi connectivity index (χ4v) is 3.93. The monoisotopic (exact) mass is 392 g/mol. The van der Waals surface area contributed by atoms with Gasteiger partial charge in [0.25, 0.3) is 0 Å². The van der Waals surface area contributed by atoms with Crippen LogP contribution in [0.25, 0.3) is 0 Å². The van der Waals surface area contributed by atoms with Crippen LogP contribution in [0.3, 0.4) is 0 Å². The zero-order valence-corrected chi connectivity index (χ0v) is 16.5. The third kappa shape index (κ3) is 6.14. The predicted octanol–water partition coefficient (Wildman–Crippen LogP) is 1.90. The topological polar surface area (TPSA) is 84.9 Å². The Bertz CT molecular complexity index is 681. The van der Waals surface area contributed by atoms with Crippen LogP contribution in [0.4, 0.5) is 0 Å². The molecule has 0 aromatic heterocycles. The molecule has 142 valence electrons. The summed E-state index contributed by atoms with van der Waals surface area (Å²) in [5.74, 6) is 0.0179. The van der Waals surface area contributed by atoms with Gasteiger partial charge in [-0.1, -0.05) is 18.5 Å². The second-order valence-electron chi connectivity index (χ2n) is 5.38. The number of carbonyl (C=O) groups excluding carboxylic acids is 1. The highest BCUT2D eigenvalue weighted by Crippen LogP contribution is 2.28. The molecule has 1 N–H and O–H groups in total. The zero-order chi connectivity index (χ0) is 19.0. The van der Waals surface area contributed by atoms with Crippen molar-refractivity contribution in [2.45, 2.75) is 31.7 Å². The number of nitrogens with zero attached hydrogens (tertiary/aromatic N) is 1. The van der Waals surface area contributed by atoms with Crippen molar-refractivity contribution in [3.63, 3.8) is 0 Å². The van der Waals surface area contributed by atoms with E-state index in [1.165, 1.54) is 25.3 Å². The number of sulfonamides is 1. The van der Waals surface area contributed by atoms with Crippen LogP contribution in [0.5, 0.6) is 5.75 Å². The molecule has 1 aromatic rings. The Morgan fingerprint density at radius 3 is 2.56 bits per heavy atom.